The van der Waals surface area contributed by atoms with Crippen LogP contribution >= 0.6 is 11.3 Å². The Balaban J connectivity index is 0.986. The highest BCUT2D eigenvalue weighted by Gasteiger charge is 2.19. The van der Waals surface area contributed by atoms with Crippen molar-refractivity contribution in [1.29, 1.82) is 0 Å². The number of thiophene rings is 1. The molecule has 0 saturated heterocycles. The summed E-state index contributed by atoms with van der Waals surface area (Å²) in [6.07, 6.45) is 0. The highest BCUT2D eigenvalue weighted by atomic mass is 32.1. The number of hydrogen-bond donors (Lipinski definition) is 0. The van der Waals surface area contributed by atoms with E-state index in [4.69, 9.17) is 0 Å². The lowest BCUT2D eigenvalue weighted by atomic mass is 9.93. The average molecular weight is 806 g/mol. The first kappa shape index (κ1) is 36.1. The SMILES string of the molecule is c1cc(-c2ccccc2N(c2ccc(-c3ccc4c(c3)sc3ccccc34)cc2)c2ccc(-c3cc4ccccc4c4ccccc34)cc2)cc(-c2cccc3ccccc23)c1. The van der Waals surface area contributed by atoms with Gasteiger partial charge in [0.2, 0.25) is 0 Å². The molecule has 1 heterocycles. The zero-order chi connectivity index (χ0) is 41.0. The number of fused-ring (bicyclic) bond motifs is 7. The first-order chi connectivity index (χ1) is 30.7. The molecule has 62 heavy (non-hydrogen) atoms. The van der Waals surface area contributed by atoms with Crippen LogP contribution < -0.4 is 4.90 Å². The fourth-order valence-corrected chi connectivity index (χ4v) is 10.6. The van der Waals surface area contributed by atoms with E-state index in [1.54, 1.807) is 0 Å². The lowest BCUT2D eigenvalue weighted by Gasteiger charge is -2.28. The van der Waals surface area contributed by atoms with E-state index in [0.29, 0.717) is 0 Å². The molecule has 0 saturated carbocycles. The molecule has 0 fully saturated rings. The van der Waals surface area contributed by atoms with E-state index in [1.165, 1.54) is 97.0 Å². The standard InChI is InChI=1S/C60H39NS/c1-3-18-49-41(13-1)15-12-24-50(49)44-16-11-17-45(37-44)52-20-7-9-25-58(52)61(47-32-27-40(28-33-47)43-31-36-56-55-23-8-10-26-59(55)62-60(56)39-43)48-34-29-42(30-35-48)57-38-46-14-2-4-19-51(46)53-21-5-6-22-54(53)57/h1-39H. The van der Waals surface area contributed by atoms with Gasteiger partial charge in [0, 0.05) is 37.1 Å². The minimum atomic E-state index is 1.09. The van der Waals surface area contributed by atoms with Crippen LogP contribution in [0.5, 0.6) is 0 Å². The Morgan fingerprint density at radius 1 is 0.258 bits per heavy atom. The van der Waals surface area contributed by atoms with E-state index in [-0.39, 0.29) is 0 Å². The van der Waals surface area contributed by atoms with Crippen molar-refractivity contribution >= 4 is 80.9 Å². The van der Waals surface area contributed by atoms with E-state index in [9.17, 15) is 0 Å². The van der Waals surface area contributed by atoms with Crippen molar-refractivity contribution in [2.45, 2.75) is 0 Å². The predicted molar refractivity (Wildman–Crippen MR) is 268 cm³/mol. The molecule has 0 unspecified atom stereocenters. The van der Waals surface area contributed by atoms with Crippen LogP contribution in [0.25, 0.3) is 97.0 Å². The molecule has 12 rings (SSSR count). The molecular weight excluding hydrogens is 767 g/mol. The molecule has 0 aliphatic heterocycles. The summed E-state index contributed by atoms with van der Waals surface area (Å²) in [5.41, 5.74) is 12.9. The second-order valence-corrected chi connectivity index (χ2v) is 17.1. The Morgan fingerprint density at radius 2 is 0.806 bits per heavy atom. The van der Waals surface area contributed by atoms with Crippen LogP contribution in [0.2, 0.25) is 0 Å². The minimum Gasteiger partial charge on any atom is -0.310 e. The van der Waals surface area contributed by atoms with Gasteiger partial charge >= 0.3 is 0 Å². The van der Waals surface area contributed by atoms with Crippen LogP contribution in [0, 0.1) is 0 Å². The van der Waals surface area contributed by atoms with Gasteiger partial charge in [0.1, 0.15) is 0 Å². The van der Waals surface area contributed by atoms with Gasteiger partial charge in [-0.05, 0) is 126 Å². The van der Waals surface area contributed by atoms with Gasteiger partial charge in [-0.25, -0.2) is 0 Å². The molecule has 0 bridgehead atoms. The van der Waals surface area contributed by atoms with E-state index in [0.717, 1.165) is 17.1 Å². The van der Waals surface area contributed by atoms with Crippen molar-refractivity contribution in [2.75, 3.05) is 4.90 Å². The molecule has 0 radical (unpaired) electrons. The van der Waals surface area contributed by atoms with Crippen LogP contribution in [0.3, 0.4) is 0 Å². The molecule has 1 nitrogen and oxygen atoms in total. The minimum absolute atomic E-state index is 1.09. The molecule has 0 amide bonds. The summed E-state index contributed by atoms with van der Waals surface area (Å²) in [4.78, 5) is 2.42. The molecule has 0 atom stereocenters. The van der Waals surface area contributed by atoms with Crippen LogP contribution in [0.15, 0.2) is 237 Å². The summed E-state index contributed by atoms with van der Waals surface area (Å²) in [7, 11) is 0. The van der Waals surface area contributed by atoms with Crippen molar-refractivity contribution in [1.82, 2.24) is 0 Å². The van der Waals surface area contributed by atoms with Gasteiger partial charge in [0.15, 0.2) is 0 Å². The summed E-state index contributed by atoms with van der Waals surface area (Å²) in [6, 6.07) is 86.8. The highest BCUT2D eigenvalue weighted by molar-refractivity contribution is 7.25. The van der Waals surface area contributed by atoms with Gasteiger partial charge < -0.3 is 4.90 Å². The summed E-state index contributed by atoms with van der Waals surface area (Å²) >= 11 is 1.86. The van der Waals surface area contributed by atoms with E-state index in [1.807, 2.05) is 11.3 Å². The predicted octanol–water partition coefficient (Wildman–Crippen LogP) is 17.7. The molecule has 0 aliphatic rings. The maximum atomic E-state index is 2.42. The molecular formula is C60H39NS. The molecule has 11 aromatic carbocycles. The fraction of sp³-hybridized carbons (Fsp3) is 0. The largest absolute Gasteiger partial charge is 0.310 e. The molecule has 290 valence electrons. The van der Waals surface area contributed by atoms with Crippen molar-refractivity contribution < 1.29 is 0 Å². The van der Waals surface area contributed by atoms with Gasteiger partial charge in [-0.15, -0.1) is 11.3 Å². The lowest BCUT2D eigenvalue weighted by Crippen LogP contribution is -2.11. The van der Waals surface area contributed by atoms with Gasteiger partial charge in [0.25, 0.3) is 0 Å². The summed E-state index contributed by atoms with van der Waals surface area (Å²) in [6.45, 7) is 0. The second-order valence-electron chi connectivity index (χ2n) is 16.1. The molecule has 0 N–H and O–H groups in total. The number of para-hydroxylation sites is 1. The number of hydrogen-bond acceptors (Lipinski definition) is 2. The fourth-order valence-electron chi connectivity index (χ4n) is 9.46. The van der Waals surface area contributed by atoms with Crippen LogP contribution in [0.1, 0.15) is 0 Å². The smallest absolute Gasteiger partial charge is 0.0540 e. The quantitative estimate of drug-likeness (QED) is 0.145. The molecule has 12 aromatic rings. The summed E-state index contributed by atoms with van der Waals surface area (Å²) in [5, 5.41) is 10.2. The molecule has 0 aliphatic carbocycles. The zero-order valence-corrected chi connectivity index (χ0v) is 34.7. The highest BCUT2D eigenvalue weighted by Crippen LogP contribution is 2.44. The third kappa shape index (κ3) is 6.24. The lowest BCUT2D eigenvalue weighted by molar-refractivity contribution is 1.28. The number of nitrogens with zero attached hydrogens (tertiary/aromatic N) is 1. The van der Waals surface area contributed by atoms with Crippen molar-refractivity contribution in [3.63, 3.8) is 0 Å². The normalized spacial score (nSPS) is 11.5. The van der Waals surface area contributed by atoms with Crippen LogP contribution in [-0.2, 0) is 0 Å². The maximum absolute atomic E-state index is 2.42. The average Bonchev–Trinajstić information content (AvgIpc) is 3.72. The summed E-state index contributed by atoms with van der Waals surface area (Å²) < 4.78 is 2.64. The third-order valence-corrected chi connectivity index (χ3v) is 13.6. The number of benzene rings is 11. The van der Waals surface area contributed by atoms with Crippen LogP contribution in [0.4, 0.5) is 17.1 Å². The van der Waals surface area contributed by atoms with Crippen molar-refractivity contribution in [2.24, 2.45) is 0 Å². The molecule has 2 heteroatoms. The van der Waals surface area contributed by atoms with Gasteiger partial charge in [0.05, 0.1) is 5.69 Å². The second kappa shape index (κ2) is 15.0. The van der Waals surface area contributed by atoms with Gasteiger partial charge in [-0.1, -0.05) is 182 Å². The Morgan fingerprint density at radius 3 is 1.61 bits per heavy atom. The number of anilines is 3. The number of rotatable bonds is 7. The monoisotopic (exact) mass is 805 g/mol. The third-order valence-electron chi connectivity index (χ3n) is 12.5. The van der Waals surface area contributed by atoms with Crippen LogP contribution in [-0.4, -0.2) is 0 Å². The Kier molecular flexibility index (Phi) is 8.76. The topological polar surface area (TPSA) is 3.24 Å². The van der Waals surface area contributed by atoms with Gasteiger partial charge in [-0.3, -0.25) is 0 Å². The maximum Gasteiger partial charge on any atom is 0.0540 e. The summed E-state index contributed by atoms with van der Waals surface area (Å²) in [5.74, 6) is 0. The molecule has 0 spiro atoms. The van der Waals surface area contributed by atoms with Crippen molar-refractivity contribution in [3.05, 3.63) is 237 Å². The Hall–Kier alpha value is -7.78. The first-order valence-corrected chi connectivity index (χ1v) is 22.1. The van der Waals surface area contributed by atoms with E-state index in [2.05, 4.69) is 241 Å². The Bertz CT molecular complexity index is 3630. The van der Waals surface area contributed by atoms with E-state index < -0.39 is 0 Å². The van der Waals surface area contributed by atoms with Gasteiger partial charge in [-0.2, -0.15) is 0 Å². The van der Waals surface area contributed by atoms with Crippen molar-refractivity contribution in [3.8, 4) is 44.5 Å². The Labute approximate surface area is 365 Å². The zero-order valence-electron chi connectivity index (χ0n) is 33.9. The molecule has 1 aromatic heterocycles. The van der Waals surface area contributed by atoms with E-state index >= 15 is 0 Å². The first-order valence-electron chi connectivity index (χ1n) is 21.2.